The van der Waals surface area contributed by atoms with E-state index in [0.29, 0.717) is 54.7 Å². The maximum atomic E-state index is 12.8. The fourth-order valence-corrected chi connectivity index (χ4v) is 4.05. The molecular weight excluding hydrogens is 434 g/mol. The average molecular weight is 464 g/mol. The Morgan fingerprint density at radius 3 is 2.62 bits per heavy atom. The van der Waals surface area contributed by atoms with E-state index < -0.39 is 5.97 Å². The summed E-state index contributed by atoms with van der Waals surface area (Å²) in [5, 5.41) is 3.82. The standard InChI is InChI=1S/C26H29N3O5/c1-4-29(16-24(30)27-18-10-11-22-23(14-18)34-13-12-33-22)15-21-25(26(31)32-5-2)17(3)19-8-6-7-9-20(19)28-21/h6-11,14H,4-5,12-13,15-16H2,1-3H3,(H,27,30). The van der Waals surface area contributed by atoms with Crippen LogP contribution in [0, 0.1) is 6.92 Å². The van der Waals surface area contributed by atoms with E-state index in [9.17, 15) is 9.59 Å². The number of amides is 1. The molecule has 0 atom stereocenters. The lowest BCUT2D eigenvalue weighted by molar-refractivity contribution is -0.117. The highest BCUT2D eigenvalue weighted by atomic mass is 16.6. The third-order valence-electron chi connectivity index (χ3n) is 5.72. The van der Waals surface area contributed by atoms with Crippen molar-refractivity contribution in [1.29, 1.82) is 0 Å². The van der Waals surface area contributed by atoms with Crippen LogP contribution in [-0.2, 0) is 16.1 Å². The molecular formula is C26H29N3O5. The number of hydrogen-bond donors (Lipinski definition) is 1. The Morgan fingerprint density at radius 1 is 1.09 bits per heavy atom. The highest BCUT2D eigenvalue weighted by Gasteiger charge is 2.22. The Morgan fingerprint density at radius 2 is 1.85 bits per heavy atom. The molecule has 0 radical (unpaired) electrons. The summed E-state index contributed by atoms with van der Waals surface area (Å²) in [5.74, 6) is 0.716. The molecule has 3 aromatic rings. The van der Waals surface area contributed by atoms with E-state index in [2.05, 4.69) is 5.32 Å². The normalized spacial score (nSPS) is 12.6. The number of nitrogens with one attached hydrogen (secondary N) is 1. The van der Waals surface area contributed by atoms with Gasteiger partial charge in [-0.25, -0.2) is 4.79 Å². The van der Waals surface area contributed by atoms with E-state index in [0.717, 1.165) is 16.5 Å². The van der Waals surface area contributed by atoms with Gasteiger partial charge in [0, 0.05) is 23.7 Å². The van der Waals surface area contributed by atoms with Crippen molar-refractivity contribution in [2.45, 2.75) is 27.3 Å². The van der Waals surface area contributed by atoms with Crippen LogP contribution in [0.4, 0.5) is 5.69 Å². The zero-order valence-corrected chi connectivity index (χ0v) is 19.7. The van der Waals surface area contributed by atoms with Gasteiger partial charge in [-0.2, -0.15) is 0 Å². The summed E-state index contributed by atoms with van der Waals surface area (Å²) in [5.41, 5.74) is 3.34. The van der Waals surface area contributed by atoms with Crippen LogP contribution in [0.25, 0.3) is 10.9 Å². The van der Waals surface area contributed by atoms with Gasteiger partial charge in [0.2, 0.25) is 5.91 Å². The number of pyridine rings is 1. The number of benzene rings is 2. The second kappa shape index (κ2) is 10.5. The van der Waals surface area contributed by atoms with Crippen molar-refractivity contribution in [3.63, 3.8) is 0 Å². The Kier molecular flexibility index (Phi) is 7.27. The van der Waals surface area contributed by atoms with Crippen molar-refractivity contribution in [3.05, 3.63) is 59.3 Å². The molecule has 0 saturated heterocycles. The average Bonchev–Trinajstić information content (AvgIpc) is 2.83. The molecule has 0 spiro atoms. The number of aromatic nitrogens is 1. The van der Waals surface area contributed by atoms with E-state index in [1.54, 1.807) is 25.1 Å². The molecule has 0 aliphatic carbocycles. The largest absolute Gasteiger partial charge is 0.486 e. The lowest BCUT2D eigenvalue weighted by Crippen LogP contribution is -2.33. The summed E-state index contributed by atoms with van der Waals surface area (Å²) in [7, 11) is 0. The minimum atomic E-state index is -0.398. The minimum Gasteiger partial charge on any atom is -0.486 e. The smallest absolute Gasteiger partial charge is 0.340 e. The molecule has 0 unspecified atom stereocenters. The van der Waals surface area contributed by atoms with Gasteiger partial charge in [-0.1, -0.05) is 25.1 Å². The Bertz CT molecular complexity index is 1210. The minimum absolute atomic E-state index is 0.140. The molecule has 0 saturated carbocycles. The van der Waals surface area contributed by atoms with E-state index in [4.69, 9.17) is 19.2 Å². The van der Waals surface area contributed by atoms with Crippen molar-refractivity contribution < 1.29 is 23.8 Å². The number of rotatable bonds is 8. The van der Waals surface area contributed by atoms with Gasteiger partial charge in [0.05, 0.1) is 29.9 Å². The Balaban J connectivity index is 1.53. The van der Waals surface area contributed by atoms with Crippen molar-refractivity contribution in [2.24, 2.45) is 0 Å². The first kappa shape index (κ1) is 23.5. The number of ether oxygens (including phenoxy) is 3. The van der Waals surface area contributed by atoms with Crippen molar-refractivity contribution >= 4 is 28.5 Å². The lowest BCUT2D eigenvalue weighted by atomic mass is 10.0. The summed E-state index contributed by atoms with van der Waals surface area (Å²) in [6, 6.07) is 13.0. The van der Waals surface area contributed by atoms with Gasteiger partial charge in [0.1, 0.15) is 13.2 Å². The van der Waals surface area contributed by atoms with Crippen molar-refractivity contribution in [3.8, 4) is 11.5 Å². The van der Waals surface area contributed by atoms with Crippen molar-refractivity contribution in [1.82, 2.24) is 9.88 Å². The Labute approximate surface area is 198 Å². The van der Waals surface area contributed by atoms with E-state index >= 15 is 0 Å². The highest BCUT2D eigenvalue weighted by Crippen LogP contribution is 2.32. The van der Waals surface area contributed by atoms with Gasteiger partial charge in [-0.05, 0) is 44.2 Å². The van der Waals surface area contributed by atoms with Gasteiger partial charge in [-0.15, -0.1) is 0 Å². The molecule has 1 N–H and O–H groups in total. The fraction of sp³-hybridized carbons (Fsp3) is 0.346. The quantitative estimate of drug-likeness (QED) is 0.506. The first-order valence-corrected chi connectivity index (χ1v) is 11.5. The number of fused-ring (bicyclic) bond motifs is 2. The highest BCUT2D eigenvalue weighted by molar-refractivity contribution is 5.98. The topological polar surface area (TPSA) is 90.0 Å². The first-order valence-electron chi connectivity index (χ1n) is 11.5. The van der Waals surface area contributed by atoms with Crippen LogP contribution in [0.3, 0.4) is 0 Å². The molecule has 4 rings (SSSR count). The summed E-state index contributed by atoms with van der Waals surface area (Å²) in [6.07, 6.45) is 0. The van der Waals surface area contributed by atoms with Crippen LogP contribution in [-0.4, -0.2) is 54.7 Å². The molecule has 1 aliphatic heterocycles. The monoisotopic (exact) mass is 463 g/mol. The number of carbonyl (C=O) groups excluding carboxylic acids is 2. The van der Waals surface area contributed by atoms with Crippen LogP contribution in [0.15, 0.2) is 42.5 Å². The van der Waals surface area contributed by atoms with Gasteiger partial charge < -0.3 is 19.5 Å². The molecule has 1 aromatic heterocycles. The number of carbonyl (C=O) groups is 2. The zero-order valence-electron chi connectivity index (χ0n) is 19.7. The number of para-hydroxylation sites is 1. The molecule has 1 aliphatic rings. The maximum Gasteiger partial charge on any atom is 0.340 e. The van der Waals surface area contributed by atoms with Crippen LogP contribution in [0.1, 0.15) is 35.5 Å². The number of nitrogens with zero attached hydrogens (tertiary/aromatic N) is 2. The summed E-state index contributed by atoms with van der Waals surface area (Å²) in [6.45, 7) is 8.01. The molecule has 178 valence electrons. The fourth-order valence-electron chi connectivity index (χ4n) is 4.05. The molecule has 2 aromatic carbocycles. The molecule has 8 nitrogen and oxygen atoms in total. The van der Waals surface area contributed by atoms with E-state index in [1.165, 1.54) is 0 Å². The van der Waals surface area contributed by atoms with E-state index in [1.807, 2.05) is 43.0 Å². The number of hydrogen-bond acceptors (Lipinski definition) is 7. The zero-order chi connectivity index (χ0) is 24.1. The van der Waals surface area contributed by atoms with E-state index in [-0.39, 0.29) is 19.1 Å². The molecule has 2 heterocycles. The number of likely N-dealkylation sites (N-methyl/N-ethyl adjacent to an activating group) is 1. The van der Waals surface area contributed by atoms with Crippen LogP contribution in [0.2, 0.25) is 0 Å². The summed E-state index contributed by atoms with van der Waals surface area (Å²) in [4.78, 5) is 32.3. The maximum absolute atomic E-state index is 12.8. The third kappa shape index (κ3) is 5.12. The number of aryl methyl sites for hydroxylation is 1. The first-order chi connectivity index (χ1) is 16.5. The molecule has 0 fully saturated rings. The molecule has 8 heteroatoms. The summed E-state index contributed by atoms with van der Waals surface area (Å²) >= 11 is 0. The van der Waals surface area contributed by atoms with Gasteiger partial charge in [0.15, 0.2) is 11.5 Å². The van der Waals surface area contributed by atoms with Crippen molar-refractivity contribution in [2.75, 3.05) is 38.2 Å². The summed E-state index contributed by atoms with van der Waals surface area (Å²) < 4.78 is 16.4. The van der Waals surface area contributed by atoms with Gasteiger partial charge in [0.25, 0.3) is 0 Å². The van der Waals surface area contributed by atoms with Gasteiger partial charge in [-0.3, -0.25) is 14.7 Å². The van der Waals surface area contributed by atoms with Crippen LogP contribution >= 0.6 is 0 Å². The molecule has 34 heavy (non-hydrogen) atoms. The second-order valence-corrected chi connectivity index (χ2v) is 8.01. The molecule has 1 amide bonds. The third-order valence-corrected chi connectivity index (χ3v) is 5.72. The lowest BCUT2D eigenvalue weighted by Gasteiger charge is -2.22. The second-order valence-electron chi connectivity index (χ2n) is 8.01. The molecule has 0 bridgehead atoms. The number of esters is 1. The number of anilines is 1. The predicted octanol–water partition coefficient (Wildman–Crippen LogP) is 3.95. The van der Waals surface area contributed by atoms with Crippen LogP contribution in [0.5, 0.6) is 11.5 Å². The SMILES string of the molecule is CCOC(=O)c1c(CN(CC)CC(=O)Nc2ccc3c(c2)OCCO3)nc2ccccc2c1C. The van der Waals surface area contributed by atoms with Gasteiger partial charge >= 0.3 is 5.97 Å². The van der Waals surface area contributed by atoms with Crippen LogP contribution < -0.4 is 14.8 Å². The Hall–Kier alpha value is -3.65. The predicted molar refractivity (Wildman–Crippen MR) is 129 cm³/mol.